The molecule has 1 aromatic rings. The van der Waals surface area contributed by atoms with E-state index in [4.69, 9.17) is 23.6 Å². The molecule has 0 unspecified atom stereocenters. The summed E-state index contributed by atoms with van der Waals surface area (Å²) in [4.78, 5) is 25.1. The molecule has 434 valence electrons. The standard InChI is InChI=1S/C54H78BNO21S/c1-31-17-15-13-11-9-7-5-6-8-10-12-14-16-18-39(76-53-51(66)48(50(65)34(4)75-53)56-78(71,72)40-21-19-35-30-73-55(70)41(35)27-40)26-45-47(52(67)68)44(62)29-54(69,77-45)28-38(59)24-43(61)42(60)22-20-36(57)23-37(58)25-46(63)74-33(3)32(2)49(31)64/h5-19,21,27,31-34,36-39,42-45,47-51,53,56-62,64-66,69-70H,20,22-26,28-30H2,1-4H3,(H,67,68)/t31-,32-,33-,34+,36+,37+,38-,39-,42+,43+,44-,45-,47+,48-,49+,50+,51-,53-,54+/m0/s1. The van der Waals surface area contributed by atoms with E-state index in [9.17, 15) is 79.2 Å². The summed E-state index contributed by atoms with van der Waals surface area (Å²) in [5.41, 5.74) is 0.781. The molecule has 4 aliphatic heterocycles. The third kappa shape index (κ3) is 18.9. The summed E-state index contributed by atoms with van der Waals surface area (Å²) in [6.45, 7) is 6.62. The molecule has 1 aromatic carbocycles. The van der Waals surface area contributed by atoms with Crippen LogP contribution in [0.4, 0.5) is 0 Å². The molecular weight excluding hydrogens is 1040 g/mol. The number of benzene rings is 1. The van der Waals surface area contributed by atoms with E-state index in [-0.39, 0.29) is 42.1 Å². The molecule has 22 nitrogen and oxygen atoms in total. The zero-order valence-electron chi connectivity index (χ0n) is 44.1. The number of aliphatic carboxylic acids is 1. The minimum atomic E-state index is -4.50. The van der Waals surface area contributed by atoms with Gasteiger partial charge in [-0.05, 0) is 56.3 Å². The van der Waals surface area contributed by atoms with E-state index < -0.39 is 170 Å². The predicted octanol–water partition coefficient (Wildman–Crippen LogP) is -0.0508. The van der Waals surface area contributed by atoms with Crippen molar-refractivity contribution in [3.63, 3.8) is 0 Å². The number of hydrogen-bond acceptors (Lipinski definition) is 20. The zero-order valence-corrected chi connectivity index (χ0v) is 44.9. The van der Waals surface area contributed by atoms with Crippen LogP contribution in [-0.2, 0) is 49.8 Å². The highest BCUT2D eigenvalue weighted by molar-refractivity contribution is 7.89. The Kier molecular flexibility index (Phi) is 24.8. The quantitative estimate of drug-likeness (QED) is 0.131. The summed E-state index contributed by atoms with van der Waals surface area (Å²) in [5, 5.41) is 131. The van der Waals surface area contributed by atoms with Crippen molar-refractivity contribution in [1.29, 1.82) is 0 Å². The fraction of sp³-hybridized carbons (Fsp3) is 0.593. The summed E-state index contributed by atoms with van der Waals surface area (Å²) in [7, 11) is -5.87. The molecular formula is C54H78BNO21S. The fourth-order valence-electron chi connectivity index (χ4n) is 9.68. The van der Waals surface area contributed by atoms with Gasteiger partial charge in [-0.1, -0.05) is 105 Å². The number of nitrogens with one attached hydrogen (secondary N) is 1. The average molecular weight is 1120 g/mol. The zero-order chi connectivity index (χ0) is 57.5. The maximum Gasteiger partial charge on any atom is 0.491 e. The maximum absolute atomic E-state index is 13.7. The molecule has 0 radical (unpaired) electrons. The number of allylic oxidation sites excluding steroid dienone is 12. The van der Waals surface area contributed by atoms with Crippen molar-refractivity contribution in [3.05, 3.63) is 109 Å². The molecule has 0 amide bonds. The predicted molar refractivity (Wildman–Crippen MR) is 282 cm³/mol. The van der Waals surface area contributed by atoms with Gasteiger partial charge in [0.15, 0.2) is 12.1 Å². The first-order chi connectivity index (χ1) is 36.8. The number of esters is 1. The lowest BCUT2D eigenvalue weighted by atomic mass is 9.80. The molecule has 78 heavy (non-hydrogen) atoms. The molecule has 13 N–H and O–H groups in total. The Bertz CT molecular complexity index is 2430. The van der Waals surface area contributed by atoms with Gasteiger partial charge in [0, 0.05) is 37.5 Å². The van der Waals surface area contributed by atoms with Crippen molar-refractivity contribution < 1.29 is 103 Å². The van der Waals surface area contributed by atoms with Crippen molar-refractivity contribution in [1.82, 2.24) is 4.72 Å². The lowest BCUT2D eigenvalue weighted by Crippen LogP contribution is -2.64. The number of carbonyl (C=O) groups excluding carboxylic acids is 1. The SMILES string of the molecule is C[C@@H]1[C@H](O)[C@@H](C)C=CC=CC=CC=CC=CC=CC=C[C@H](O[C@@H]2O[C@H](C)[C@@H](O)[C@H](NS(=O)(=O)c3ccc4c(c3)B(O)OC4)[C@@H]2O)C[C@@H]2O[C@](O)(C[C@@H](O)C[C@@H](O)[C@H](O)CC[C@@H](O)C[C@@H](O)CC(=O)O[C@H]1C)C[C@H](O)[C@H]2C(=O)O. The summed E-state index contributed by atoms with van der Waals surface area (Å²) >= 11 is 0. The number of fused-ring (bicyclic) bond motifs is 3. The first-order valence-electron chi connectivity index (χ1n) is 26.2. The van der Waals surface area contributed by atoms with Crippen LogP contribution < -0.4 is 10.2 Å². The Morgan fingerprint density at radius 2 is 1.33 bits per heavy atom. The molecule has 2 bridgehead atoms. The van der Waals surface area contributed by atoms with Gasteiger partial charge < -0.3 is 84.8 Å². The highest BCUT2D eigenvalue weighted by Gasteiger charge is 2.51. The fourth-order valence-corrected chi connectivity index (χ4v) is 11.0. The Morgan fingerprint density at radius 3 is 1.96 bits per heavy atom. The Labute approximate surface area is 455 Å². The van der Waals surface area contributed by atoms with Crippen LogP contribution in [0, 0.1) is 17.8 Å². The van der Waals surface area contributed by atoms with Crippen molar-refractivity contribution in [2.24, 2.45) is 17.8 Å². The molecule has 24 heteroatoms. The number of hydrogen-bond donors (Lipinski definition) is 13. The maximum atomic E-state index is 13.7. The van der Waals surface area contributed by atoms with Crippen LogP contribution in [0.2, 0.25) is 0 Å². The summed E-state index contributed by atoms with van der Waals surface area (Å²) < 4.78 is 58.4. The largest absolute Gasteiger partial charge is 0.491 e. The molecule has 4 aliphatic rings. The average Bonchev–Trinajstić information content (AvgIpc) is 3.83. The van der Waals surface area contributed by atoms with Gasteiger partial charge in [0.05, 0.1) is 91.1 Å². The van der Waals surface area contributed by atoms with Gasteiger partial charge in [-0.25, -0.2) is 13.1 Å². The van der Waals surface area contributed by atoms with E-state index in [0.717, 1.165) is 0 Å². The number of rotatable bonds is 6. The van der Waals surface area contributed by atoms with Crippen molar-refractivity contribution in [3.8, 4) is 0 Å². The number of carboxylic acids is 1. The number of ether oxygens (including phenoxy) is 4. The van der Waals surface area contributed by atoms with Crippen LogP contribution in [0.5, 0.6) is 0 Å². The molecule has 5 rings (SSSR count). The van der Waals surface area contributed by atoms with E-state index >= 15 is 0 Å². The number of carboxylic acid groups (broad SMARTS) is 1. The monoisotopic (exact) mass is 1120 g/mol. The molecule has 0 spiro atoms. The second-order valence-corrected chi connectivity index (χ2v) is 22.4. The second kappa shape index (κ2) is 30.0. The Hall–Kier alpha value is -4.29. The van der Waals surface area contributed by atoms with E-state index in [2.05, 4.69) is 4.72 Å². The number of aliphatic hydroxyl groups excluding tert-OH is 9. The van der Waals surface area contributed by atoms with Crippen LogP contribution in [0.3, 0.4) is 0 Å². The smallest absolute Gasteiger partial charge is 0.481 e. The number of cyclic esters (lactones) is 1. The van der Waals surface area contributed by atoms with E-state index in [1.165, 1.54) is 37.3 Å². The first-order valence-corrected chi connectivity index (χ1v) is 27.7. The summed E-state index contributed by atoms with van der Waals surface area (Å²) in [6.07, 6.45) is 0.0445. The summed E-state index contributed by atoms with van der Waals surface area (Å²) in [5.74, 6) is -7.22. The van der Waals surface area contributed by atoms with Gasteiger partial charge in [-0.15, -0.1) is 0 Å². The van der Waals surface area contributed by atoms with Crippen LogP contribution in [-0.4, -0.2) is 186 Å². The van der Waals surface area contributed by atoms with Gasteiger partial charge in [0.25, 0.3) is 0 Å². The third-order valence-electron chi connectivity index (χ3n) is 14.4. The molecule has 2 fully saturated rings. The van der Waals surface area contributed by atoms with Gasteiger partial charge in [-0.3, -0.25) is 9.59 Å². The van der Waals surface area contributed by atoms with Crippen LogP contribution >= 0.6 is 0 Å². The molecule has 0 aliphatic carbocycles. The number of aliphatic hydroxyl groups is 10. The molecule has 19 atom stereocenters. The third-order valence-corrected chi connectivity index (χ3v) is 15.8. The second-order valence-electron chi connectivity index (χ2n) is 20.7. The highest BCUT2D eigenvalue weighted by Crippen LogP contribution is 2.38. The highest BCUT2D eigenvalue weighted by atomic mass is 32.2. The Morgan fingerprint density at radius 1 is 0.718 bits per heavy atom. The van der Waals surface area contributed by atoms with Crippen molar-refractivity contribution in [2.45, 2.75) is 188 Å². The minimum absolute atomic E-state index is 0.0556. The molecule has 4 heterocycles. The van der Waals surface area contributed by atoms with E-state index in [0.29, 0.717) is 5.56 Å². The van der Waals surface area contributed by atoms with E-state index in [1.54, 1.807) is 86.8 Å². The van der Waals surface area contributed by atoms with Crippen LogP contribution in [0.25, 0.3) is 0 Å². The van der Waals surface area contributed by atoms with Gasteiger partial charge >= 0.3 is 19.1 Å². The Balaban J connectivity index is 1.39. The van der Waals surface area contributed by atoms with Crippen LogP contribution in [0.15, 0.2) is 108 Å². The molecule has 0 saturated carbocycles. The minimum Gasteiger partial charge on any atom is -0.481 e. The normalized spacial score (nSPS) is 37.9. The number of carbonyl (C=O) groups is 2. The van der Waals surface area contributed by atoms with Crippen molar-refractivity contribution in [2.75, 3.05) is 0 Å². The first kappa shape index (κ1) is 64.5. The van der Waals surface area contributed by atoms with Gasteiger partial charge in [0.2, 0.25) is 10.0 Å². The lowest BCUT2D eigenvalue weighted by molar-refractivity contribution is -0.308. The topological polar surface area (TPSA) is 369 Å². The molecule has 0 aromatic heterocycles. The van der Waals surface area contributed by atoms with Crippen LogP contribution in [0.1, 0.15) is 84.6 Å². The van der Waals surface area contributed by atoms with Gasteiger partial charge in [0.1, 0.15) is 18.1 Å². The van der Waals surface area contributed by atoms with Crippen molar-refractivity contribution >= 4 is 34.5 Å². The summed E-state index contributed by atoms with van der Waals surface area (Å²) in [6, 6.07) is 2.27. The number of sulfonamides is 1. The lowest BCUT2D eigenvalue weighted by Gasteiger charge is -2.45. The molecule has 2 saturated heterocycles. The van der Waals surface area contributed by atoms with Gasteiger partial charge in [-0.2, -0.15) is 0 Å². The van der Waals surface area contributed by atoms with E-state index in [1.807, 2.05) is 6.92 Å².